The average Bonchev–Trinajstić information content (AvgIpc) is 2.70. The molecule has 0 radical (unpaired) electrons. The average molecular weight is 290 g/mol. The second-order valence-corrected chi connectivity index (χ2v) is 5.50. The van der Waals surface area contributed by atoms with Crippen LogP contribution in [0.15, 0.2) is 24.3 Å². The zero-order chi connectivity index (χ0) is 15.2. The standard InChI is InChI=1S/C16H22N2O3/c1-13-4-2-5-14(12-13)16(21)18-8-3-7-17(10-11-18)9-6-15(19)20/h2,4-5,12H,3,6-11H2,1H3,(H,19,20). The third-order valence-corrected chi connectivity index (χ3v) is 3.78. The number of carbonyl (C=O) groups excluding carboxylic acids is 1. The van der Waals surface area contributed by atoms with Crippen LogP contribution in [0.4, 0.5) is 0 Å². The van der Waals surface area contributed by atoms with Gasteiger partial charge in [0.25, 0.3) is 5.91 Å². The molecule has 21 heavy (non-hydrogen) atoms. The van der Waals surface area contributed by atoms with E-state index in [0.29, 0.717) is 13.1 Å². The number of nitrogens with zero attached hydrogens (tertiary/aromatic N) is 2. The molecule has 0 unspecified atom stereocenters. The molecule has 1 saturated heterocycles. The monoisotopic (exact) mass is 290 g/mol. The van der Waals surface area contributed by atoms with Crippen molar-refractivity contribution in [3.63, 3.8) is 0 Å². The van der Waals surface area contributed by atoms with Crippen molar-refractivity contribution >= 4 is 11.9 Å². The van der Waals surface area contributed by atoms with Gasteiger partial charge in [-0.25, -0.2) is 0 Å². The van der Waals surface area contributed by atoms with E-state index >= 15 is 0 Å². The molecule has 1 aromatic rings. The molecule has 0 aliphatic carbocycles. The van der Waals surface area contributed by atoms with Gasteiger partial charge in [-0.3, -0.25) is 9.59 Å². The van der Waals surface area contributed by atoms with Gasteiger partial charge in [-0.05, 0) is 32.0 Å². The van der Waals surface area contributed by atoms with Crippen molar-refractivity contribution in [1.82, 2.24) is 9.80 Å². The Kier molecular flexibility index (Phi) is 5.33. The van der Waals surface area contributed by atoms with Gasteiger partial charge in [-0.2, -0.15) is 0 Å². The number of benzene rings is 1. The highest BCUT2D eigenvalue weighted by Gasteiger charge is 2.20. The molecule has 0 spiro atoms. The molecule has 1 fully saturated rings. The smallest absolute Gasteiger partial charge is 0.304 e. The molecule has 1 N–H and O–H groups in total. The SMILES string of the molecule is Cc1cccc(C(=O)N2CCCN(CCC(=O)O)CC2)c1. The first-order chi connectivity index (χ1) is 10.1. The lowest BCUT2D eigenvalue weighted by molar-refractivity contribution is -0.137. The van der Waals surface area contributed by atoms with E-state index in [-0.39, 0.29) is 12.3 Å². The zero-order valence-corrected chi connectivity index (χ0v) is 12.4. The number of hydrogen-bond donors (Lipinski definition) is 1. The van der Waals surface area contributed by atoms with E-state index in [1.165, 1.54) is 0 Å². The Morgan fingerprint density at radius 2 is 2.00 bits per heavy atom. The molecular formula is C16H22N2O3. The summed E-state index contributed by atoms with van der Waals surface area (Å²) in [6.07, 6.45) is 1.04. The summed E-state index contributed by atoms with van der Waals surface area (Å²) in [4.78, 5) is 27.1. The Hall–Kier alpha value is -1.88. The van der Waals surface area contributed by atoms with E-state index in [4.69, 9.17) is 5.11 Å². The number of carboxylic acids is 1. The summed E-state index contributed by atoms with van der Waals surface area (Å²) in [6.45, 7) is 5.52. The van der Waals surface area contributed by atoms with Gasteiger partial charge in [-0.15, -0.1) is 0 Å². The fourth-order valence-electron chi connectivity index (χ4n) is 2.61. The van der Waals surface area contributed by atoms with Crippen molar-refractivity contribution in [2.45, 2.75) is 19.8 Å². The molecule has 5 nitrogen and oxygen atoms in total. The molecule has 1 aromatic carbocycles. The van der Waals surface area contributed by atoms with Crippen molar-refractivity contribution in [2.24, 2.45) is 0 Å². The van der Waals surface area contributed by atoms with Crippen LogP contribution < -0.4 is 0 Å². The number of aryl methyl sites for hydroxylation is 1. The van der Waals surface area contributed by atoms with Crippen LogP contribution in [0, 0.1) is 6.92 Å². The van der Waals surface area contributed by atoms with E-state index in [2.05, 4.69) is 4.90 Å². The van der Waals surface area contributed by atoms with Gasteiger partial charge < -0.3 is 14.9 Å². The maximum atomic E-state index is 12.5. The topological polar surface area (TPSA) is 60.9 Å². The minimum atomic E-state index is -0.771. The zero-order valence-electron chi connectivity index (χ0n) is 12.4. The second kappa shape index (κ2) is 7.22. The predicted molar refractivity (Wildman–Crippen MR) is 80.4 cm³/mol. The van der Waals surface area contributed by atoms with E-state index in [9.17, 15) is 9.59 Å². The molecular weight excluding hydrogens is 268 g/mol. The predicted octanol–water partition coefficient (Wildman–Crippen LogP) is 1.62. The highest BCUT2D eigenvalue weighted by molar-refractivity contribution is 5.94. The second-order valence-electron chi connectivity index (χ2n) is 5.50. The lowest BCUT2D eigenvalue weighted by Crippen LogP contribution is -2.35. The van der Waals surface area contributed by atoms with Gasteiger partial charge in [0.1, 0.15) is 0 Å². The van der Waals surface area contributed by atoms with E-state index in [1.54, 1.807) is 0 Å². The van der Waals surface area contributed by atoms with Crippen LogP contribution in [0.1, 0.15) is 28.8 Å². The van der Waals surface area contributed by atoms with Crippen molar-refractivity contribution in [3.8, 4) is 0 Å². The fraction of sp³-hybridized carbons (Fsp3) is 0.500. The number of aliphatic carboxylic acids is 1. The summed E-state index contributed by atoms with van der Waals surface area (Å²) in [5.74, 6) is -0.703. The number of hydrogen-bond acceptors (Lipinski definition) is 3. The molecule has 1 amide bonds. The van der Waals surface area contributed by atoms with Crippen LogP contribution in [0.5, 0.6) is 0 Å². The molecule has 114 valence electrons. The van der Waals surface area contributed by atoms with E-state index in [0.717, 1.165) is 37.2 Å². The maximum absolute atomic E-state index is 12.5. The largest absolute Gasteiger partial charge is 0.481 e. The van der Waals surface area contributed by atoms with E-state index < -0.39 is 5.97 Å². The molecule has 1 heterocycles. The van der Waals surface area contributed by atoms with Crippen LogP contribution >= 0.6 is 0 Å². The van der Waals surface area contributed by atoms with Gasteiger partial charge in [0.15, 0.2) is 0 Å². The first-order valence-corrected chi connectivity index (χ1v) is 7.36. The number of rotatable bonds is 4. The van der Waals surface area contributed by atoms with Crippen molar-refractivity contribution in [1.29, 1.82) is 0 Å². The number of carbonyl (C=O) groups is 2. The molecule has 0 saturated carbocycles. The molecule has 0 bridgehead atoms. The molecule has 5 heteroatoms. The van der Waals surface area contributed by atoms with Gasteiger partial charge in [-0.1, -0.05) is 17.7 Å². The summed E-state index contributed by atoms with van der Waals surface area (Å²) in [5, 5.41) is 8.74. The Morgan fingerprint density at radius 1 is 1.19 bits per heavy atom. The van der Waals surface area contributed by atoms with Gasteiger partial charge in [0, 0.05) is 31.7 Å². The molecule has 1 aliphatic heterocycles. The van der Waals surface area contributed by atoms with Crippen LogP contribution in [0.2, 0.25) is 0 Å². The molecule has 0 aromatic heterocycles. The Labute approximate surface area is 125 Å². The maximum Gasteiger partial charge on any atom is 0.304 e. The summed E-state index contributed by atoms with van der Waals surface area (Å²) < 4.78 is 0. The molecule has 0 atom stereocenters. The highest BCUT2D eigenvalue weighted by Crippen LogP contribution is 2.11. The van der Waals surface area contributed by atoms with Crippen LogP contribution in [-0.2, 0) is 4.79 Å². The van der Waals surface area contributed by atoms with Crippen LogP contribution in [0.3, 0.4) is 0 Å². The summed E-state index contributed by atoms with van der Waals surface area (Å²) in [6, 6.07) is 7.64. The van der Waals surface area contributed by atoms with Crippen molar-refractivity contribution in [3.05, 3.63) is 35.4 Å². The van der Waals surface area contributed by atoms with Crippen molar-refractivity contribution < 1.29 is 14.7 Å². The van der Waals surface area contributed by atoms with Crippen LogP contribution in [0.25, 0.3) is 0 Å². The highest BCUT2D eigenvalue weighted by atomic mass is 16.4. The quantitative estimate of drug-likeness (QED) is 0.915. The third-order valence-electron chi connectivity index (χ3n) is 3.78. The van der Waals surface area contributed by atoms with E-state index in [1.807, 2.05) is 36.1 Å². The van der Waals surface area contributed by atoms with Gasteiger partial charge in [0.05, 0.1) is 6.42 Å². The summed E-state index contributed by atoms with van der Waals surface area (Å²) in [5.41, 5.74) is 1.81. The first kappa shape index (κ1) is 15.5. The normalized spacial score (nSPS) is 16.5. The fourth-order valence-corrected chi connectivity index (χ4v) is 2.61. The Bertz CT molecular complexity index is 516. The Morgan fingerprint density at radius 3 is 2.71 bits per heavy atom. The summed E-state index contributed by atoms with van der Waals surface area (Å²) in [7, 11) is 0. The van der Waals surface area contributed by atoms with Gasteiger partial charge >= 0.3 is 5.97 Å². The number of amides is 1. The Balaban J connectivity index is 1.93. The minimum absolute atomic E-state index is 0.0683. The lowest BCUT2D eigenvalue weighted by atomic mass is 10.1. The summed E-state index contributed by atoms with van der Waals surface area (Å²) >= 11 is 0. The first-order valence-electron chi connectivity index (χ1n) is 7.36. The number of carboxylic acid groups (broad SMARTS) is 1. The molecule has 1 aliphatic rings. The van der Waals surface area contributed by atoms with Gasteiger partial charge in [0.2, 0.25) is 0 Å². The minimum Gasteiger partial charge on any atom is -0.481 e. The van der Waals surface area contributed by atoms with Crippen molar-refractivity contribution in [2.75, 3.05) is 32.7 Å². The molecule has 2 rings (SSSR count). The lowest BCUT2D eigenvalue weighted by Gasteiger charge is -2.21. The third kappa shape index (κ3) is 4.56. The van der Waals surface area contributed by atoms with Crippen LogP contribution in [-0.4, -0.2) is 59.5 Å².